The van der Waals surface area contributed by atoms with Crippen molar-refractivity contribution < 1.29 is 47.3 Å². The van der Waals surface area contributed by atoms with Crippen molar-refractivity contribution in [3.05, 3.63) is 0 Å². The van der Waals surface area contributed by atoms with Crippen molar-refractivity contribution in [3.8, 4) is 0 Å². The third-order valence-electron chi connectivity index (χ3n) is 2.26. The molecular weight excluding hydrogens is 239 g/mol. The molecule has 0 spiro atoms. The summed E-state index contributed by atoms with van der Waals surface area (Å²) >= 11 is 0. The normalized spacial score (nSPS) is 10.9. The summed E-state index contributed by atoms with van der Waals surface area (Å²) in [4.78, 5) is 10.7. The Balaban J connectivity index is 0. The van der Waals surface area contributed by atoms with Crippen molar-refractivity contribution in [2.45, 2.75) is 58.3 Å². The van der Waals surface area contributed by atoms with Crippen LogP contribution in [0.1, 0.15) is 58.3 Å². The average molecular weight is 258 g/mol. The second-order valence-corrected chi connectivity index (χ2v) is 5.06. The molecule has 0 radical (unpaired) electrons. The molecule has 0 bridgehead atoms. The standard InChI is InChI=1S/C10H20O4S.Na/c1-2-3-4-5-6-7-8-9-10(11)15(12,13)14;/h2-9H2,1H3,(H,12,13,14);/q;+1/p-1. The number of rotatable bonds is 8. The average Bonchev–Trinajstić information content (AvgIpc) is 2.14. The monoisotopic (exact) mass is 258 g/mol. The first-order valence-corrected chi connectivity index (χ1v) is 6.88. The molecule has 0 aromatic carbocycles. The fraction of sp³-hybridized carbons (Fsp3) is 0.900. The van der Waals surface area contributed by atoms with Crippen LogP contribution in [0.5, 0.6) is 0 Å². The Morgan fingerprint density at radius 2 is 1.44 bits per heavy atom. The molecule has 4 nitrogen and oxygen atoms in total. The van der Waals surface area contributed by atoms with E-state index in [1.54, 1.807) is 0 Å². The van der Waals surface area contributed by atoms with E-state index >= 15 is 0 Å². The van der Waals surface area contributed by atoms with E-state index in [2.05, 4.69) is 6.92 Å². The zero-order chi connectivity index (χ0) is 11.7. The number of hydrogen-bond donors (Lipinski definition) is 0. The van der Waals surface area contributed by atoms with Crippen molar-refractivity contribution in [1.82, 2.24) is 0 Å². The maximum Gasteiger partial charge on any atom is 1.00 e. The fourth-order valence-corrected chi connectivity index (χ4v) is 1.75. The van der Waals surface area contributed by atoms with E-state index in [0.717, 1.165) is 19.3 Å². The molecule has 0 rings (SSSR count). The van der Waals surface area contributed by atoms with Crippen molar-refractivity contribution in [2.24, 2.45) is 0 Å². The Hall–Kier alpha value is 0.580. The van der Waals surface area contributed by atoms with Gasteiger partial charge in [0.15, 0.2) is 10.1 Å². The second kappa shape index (κ2) is 10.7. The van der Waals surface area contributed by atoms with Crippen LogP contribution in [0.2, 0.25) is 0 Å². The van der Waals surface area contributed by atoms with Crippen molar-refractivity contribution >= 4 is 15.2 Å². The van der Waals surface area contributed by atoms with Crippen LogP contribution < -0.4 is 29.6 Å². The molecule has 0 aliphatic rings. The minimum Gasteiger partial charge on any atom is -0.742 e. The first-order chi connectivity index (χ1) is 6.98. The molecule has 16 heavy (non-hydrogen) atoms. The van der Waals surface area contributed by atoms with E-state index in [9.17, 15) is 17.8 Å². The zero-order valence-corrected chi connectivity index (χ0v) is 13.0. The first-order valence-electron chi connectivity index (χ1n) is 5.47. The van der Waals surface area contributed by atoms with Gasteiger partial charge in [0.1, 0.15) is 0 Å². The Kier molecular flexibility index (Phi) is 12.7. The van der Waals surface area contributed by atoms with Gasteiger partial charge >= 0.3 is 29.6 Å². The summed E-state index contributed by atoms with van der Waals surface area (Å²) < 4.78 is 30.7. The van der Waals surface area contributed by atoms with E-state index in [1.165, 1.54) is 19.3 Å². The predicted molar refractivity (Wildman–Crippen MR) is 57.3 cm³/mol. The van der Waals surface area contributed by atoms with Gasteiger partial charge < -0.3 is 4.55 Å². The summed E-state index contributed by atoms with van der Waals surface area (Å²) in [5.74, 6) is 0. The Morgan fingerprint density at radius 3 is 1.88 bits per heavy atom. The van der Waals surface area contributed by atoms with Gasteiger partial charge in [-0.3, -0.25) is 4.79 Å². The quantitative estimate of drug-likeness (QED) is 0.325. The molecule has 0 N–H and O–H groups in total. The van der Waals surface area contributed by atoms with Gasteiger partial charge in [0.05, 0.1) is 0 Å². The summed E-state index contributed by atoms with van der Waals surface area (Å²) in [6.07, 6.45) is 6.92. The van der Waals surface area contributed by atoms with Crippen LogP contribution in [0, 0.1) is 0 Å². The Bertz CT molecular complexity index is 275. The number of carbonyl (C=O) groups is 1. The maximum absolute atomic E-state index is 10.7. The molecule has 0 saturated heterocycles. The molecule has 90 valence electrons. The Morgan fingerprint density at radius 1 is 1.00 bits per heavy atom. The SMILES string of the molecule is CCCCCCCCCC(=O)S(=O)(=O)[O-].[Na+]. The van der Waals surface area contributed by atoms with Crippen LogP contribution in [0.25, 0.3) is 0 Å². The van der Waals surface area contributed by atoms with Gasteiger partial charge in [-0.2, -0.15) is 0 Å². The van der Waals surface area contributed by atoms with E-state index in [-0.39, 0.29) is 36.0 Å². The molecule has 0 fully saturated rings. The summed E-state index contributed by atoms with van der Waals surface area (Å²) in [6, 6.07) is 0. The van der Waals surface area contributed by atoms with Gasteiger partial charge in [-0.25, -0.2) is 8.42 Å². The Labute approximate surface area is 120 Å². The molecule has 0 aromatic heterocycles. The third kappa shape index (κ3) is 11.1. The zero-order valence-electron chi connectivity index (χ0n) is 10.2. The molecule has 0 amide bonds. The topological polar surface area (TPSA) is 74.3 Å². The van der Waals surface area contributed by atoms with Gasteiger partial charge in [-0.15, -0.1) is 0 Å². The largest absolute Gasteiger partial charge is 1.00 e. The summed E-state index contributed by atoms with van der Waals surface area (Å²) in [7, 11) is -4.69. The van der Waals surface area contributed by atoms with E-state index in [1.807, 2.05) is 0 Å². The van der Waals surface area contributed by atoms with Crippen LogP contribution in [-0.4, -0.2) is 18.1 Å². The van der Waals surface area contributed by atoms with Crippen molar-refractivity contribution in [3.63, 3.8) is 0 Å². The van der Waals surface area contributed by atoms with Crippen LogP contribution in [0.3, 0.4) is 0 Å². The van der Waals surface area contributed by atoms with E-state index < -0.39 is 15.2 Å². The molecule has 0 aliphatic carbocycles. The summed E-state index contributed by atoms with van der Waals surface area (Å²) in [5, 5.41) is -1.17. The summed E-state index contributed by atoms with van der Waals surface area (Å²) in [5.41, 5.74) is 0. The molecule has 0 aliphatic heterocycles. The van der Waals surface area contributed by atoms with Crippen LogP contribution >= 0.6 is 0 Å². The molecule has 0 unspecified atom stereocenters. The number of hydrogen-bond acceptors (Lipinski definition) is 4. The number of unbranched alkanes of at least 4 members (excludes halogenated alkanes) is 6. The van der Waals surface area contributed by atoms with Crippen molar-refractivity contribution in [1.29, 1.82) is 0 Å². The van der Waals surface area contributed by atoms with Crippen LogP contribution in [-0.2, 0) is 14.9 Å². The van der Waals surface area contributed by atoms with Gasteiger partial charge in [-0.05, 0) is 6.42 Å². The predicted octanol–water partition coefficient (Wildman–Crippen LogP) is -0.797. The molecular formula is C10H19NaO4S. The third-order valence-corrected chi connectivity index (χ3v) is 3.03. The van der Waals surface area contributed by atoms with Gasteiger partial charge in [0.25, 0.3) is 0 Å². The number of carbonyl (C=O) groups excluding carboxylic acids is 1. The van der Waals surface area contributed by atoms with Gasteiger partial charge in [0, 0.05) is 6.42 Å². The summed E-state index contributed by atoms with van der Waals surface area (Å²) in [6.45, 7) is 2.14. The second-order valence-electron chi connectivity index (χ2n) is 3.70. The molecule has 0 atom stereocenters. The van der Waals surface area contributed by atoms with E-state index in [4.69, 9.17) is 0 Å². The van der Waals surface area contributed by atoms with Gasteiger partial charge in [-0.1, -0.05) is 45.4 Å². The van der Waals surface area contributed by atoms with E-state index in [0.29, 0.717) is 6.42 Å². The first kappa shape index (κ1) is 18.9. The molecule has 0 saturated carbocycles. The molecule has 0 heterocycles. The molecule has 6 heteroatoms. The van der Waals surface area contributed by atoms with Gasteiger partial charge in [0.2, 0.25) is 5.12 Å². The van der Waals surface area contributed by atoms with Crippen LogP contribution in [0.4, 0.5) is 0 Å². The minimum absolute atomic E-state index is 0. The molecule has 0 aromatic rings. The smallest absolute Gasteiger partial charge is 0.742 e. The minimum atomic E-state index is -4.69. The fourth-order valence-electron chi connectivity index (χ4n) is 1.35. The van der Waals surface area contributed by atoms with Crippen molar-refractivity contribution in [2.75, 3.05) is 0 Å². The van der Waals surface area contributed by atoms with Crippen LogP contribution in [0.15, 0.2) is 0 Å². The maximum atomic E-state index is 10.7.